The van der Waals surface area contributed by atoms with Gasteiger partial charge in [-0.05, 0) is 13.8 Å². The van der Waals surface area contributed by atoms with Crippen LogP contribution in [0.4, 0.5) is 0 Å². The van der Waals surface area contributed by atoms with Crippen LogP contribution in [-0.2, 0) is 19.1 Å². The van der Waals surface area contributed by atoms with Crippen LogP contribution in [0.25, 0.3) is 0 Å². The fourth-order valence-corrected chi connectivity index (χ4v) is 1.24. The van der Waals surface area contributed by atoms with Crippen molar-refractivity contribution in [1.82, 2.24) is 10.0 Å². The Hall–Kier alpha value is -1.82. The van der Waals surface area contributed by atoms with Crippen LogP contribution in [0.3, 0.4) is 0 Å². The molecule has 0 amide bonds. The maximum absolute atomic E-state index is 11.7. The highest BCUT2D eigenvalue weighted by molar-refractivity contribution is 6.13. The monoisotopic (exact) mass is 270 g/mol. The summed E-state index contributed by atoms with van der Waals surface area (Å²) in [6.45, 7) is 7.99. The Balaban J connectivity index is 5.28. The number of hydrogen-bond acceptors (Lipinski definition) is 6. The molecule has 0 N–H and O–H groups in total. The average molecular weight is 270 g/mol. The predicted molar refractivity (Wildman–Crippen MR) is 71.9 cm³/mol. The molecule has 0 radical (unpaired) electrons. The second-order valence-corrected chi connectivity index (χ2v) is 4.16. The van der Waals surface area contributed by atoms with E-state index in [1.54, 1.807) is 31.0 Å². The summed E-state index contributed by atoms with van der Waals surface area (Å²) in [5.74, 6) is -1.44. The zero-order valence-corrected chi connectivity index (χ0v) is 12.2. The van der Waals surface area contributed by atoms with E-state index in [1.807, 2.05) is 6.92 Å². The largest absolute Gasteiger partial charge is 0.465 e. The van der Waals surface area contributed by atoms with Crippen molar-refractivity contribution in [3.8, 4) is 0 Å². The summed E-state index contributed by atoms with van der Waals surface area (Å²) < 4.78 is 9.43. The summed E-state index contributed by atoms with van der Waals surface area (Å²) >= 11 is 0. The first-order chi connectivity index (χ1) is 8.83. The lowest BCUT2D eigenvalue weighted by atomic mass is 10.3. The third-order valence-corrected chi connectivity index (χ3v) is 2.12. The minimum Gasteiger partial charge on any atom is -0.465 e. The number of ether oxygens (including phenoxy) is 2. The van der Waals surface area contributed by atoms with Crippen LogP contribution in [0.15, 0.2) is 23.9 Å². The van der Waals surface area contributed by atoms with Crippen LogP contribution in [0, 0.1) is 0 Å². The van der Waals surface area contributed by atoms with Gasteiger partial charge in [0.1, 0.15) is 0 Å². The summed E-state index contributed by atoms with van der Waals surface area (Å²) in [7, 11) is 4.80. The lowest BCUT2D eigenvalue weighted by molar-refractivity contribution is -0.145. The standard InChI is InChI=1S/C13H22N2O4/c1-7-19-13(17)11(12(16)18-6)9-15(14(4)5)8-10(2)3/h9H,2,7-8H2,1,3-6H3/b11-9+. The fourth-order valence-electron chi connectivity index (χ4n) is 1.24. The Kier molecular flexibility index (Phi) is 7.52. The summed E-state index contributed by atoms with van der Waals surface area (Å²) in [4.78, 5) is 23.3. The third kappa shape index (κ3) is 6.05. The van der Waals surface area contributed by atoms with Gasteiger partial charge < -0.3 is 14.5 Å². The third-order valence-electron chi connectivity index (χ3n) is 2.12. The van der Waals surface area contributed by atoms with Gasteiger partial charge in [0.05, 0.1) is 20.3 Å². The van der Waals surface area contributed by atoms with Crippen molar-refractivity contribution < 1.29 is 19.1 Å². The maximum Gasteiger partial charge on any atom is 0.347 e. The summed E-state index contributed by atoms with van der Waals surface area (Å²) in [6, 6.07) is 0. The minimum absolute atomic E-state index is 0.153. The topological polar surface area (TPSA) is 59.1 Å². The Labute approximate surface area is 114 Å². The SMILES string of the molecule is C=C(C)CN(/C=C(\C(=O)OC)C(=O)OCC)N(C)C. The predicted octanol–water partition coefficient (Wildman–Crippen LogP) is 0.961. The molecule has 0 unspecified atom stereocenters. The first-order valence-electron chi connectivity index (χ1n) is 5.89. The fraction of sp³-hybridized carbons (Fsp3) is 0.538. The molecule has 0 saturated carbocycles. The molecule has 6 heteroatoms. The van der Waals surface area contributed by atoms with E-state index < -0.39 is 11.9 Å². The van der Waals surface area contributed by atoms with Gasteiger partial charge in [-0.2, -0.15) is 0 Å². The maximum atomic E-state index is 11.7. The van der Waals surface area contributed by atoms with Crippen molar-refractivity contribution >= 4 is 11.9 Å². The minimum atomic E-state index is -0.730. The molecule has 6 nitrogen and oxygen atoms in total. The smallest absolute Gasteiger partial charge is 0.347 e. The summed E-state index contributed by atoms with van der Waals surface area (Å²) in [5.41, 5.74) is 0.734. The van der Waals surface area contributed by atoms with Gasteiger partial charge in [0.15, 0.2) is 5.57 Å². The van der Waals surface area contributed by atoms with Crippen molar-refractivity contribution in [3.63, 3.8) is 0 Å². The highest BCUT2D eigenvalue weighted by Gasteiger charge is 2.22. The van der Waals surface area contributed by atoms with Gasteiger partial charge in [-0.1, -0.05) is 12.2 Å². The van der Waals surface area contributed by atoms with Gasteiger partial charge in [0, 0.05) is 20.3 Å². The molecular weight excluding hydrogens is 248 g/mol. The van der Waals surface area contributed by atoms with Gasteiger partial charge in [0.25, 0.3) is 0 Å². The van der Waals surface area contributed by atoms with Gasteiger partial charge in [-0.25, -0.2) is 14.6 Å². The number of esters is 2. The van der Waals surface area contributed by atoms with E-state index in [9.17, 15) is 9.59 Å². The lowest BCUT2D eigenvalue weighted by Gasteiger charge is -2.28. The highest BCUT2D eigenvalue weighted by atomic mass is 16.5. The Morgan fingerprint density at radius 3 is 2.21 bits per heavy atom. The molecule has 0 fully saturated rings. The van der Waals surface area contributed by atoms with Gasteiger partial charge >= 0.3 is 11.9 Å². The van der Waals surface area contributed by atoms with Crippen molar-refractivity contribution in [2.75, 3.05) is 34.4 Å². The Bertz CT molecular complexity index is 375. The molecule has 19 heavy (non-hydrogen) atoms. The normalized spacial score (nSPS) is 11.2. The number of hydrogen-bond donors (Lipinski definition) is 0. The molecule has 0 spiro atoms. The second-order valence-electron chi connectivity index (χ2n) is 4.16. The van der Waals surface area contributed by atoms with Crippen molar-refractivity contribution in [3.05, 3.63) is 23.9 Å². The molecule has 0 bridgehead atoms. The van der Waals surface area contributed by atoms with E-state index in [2.05, 4.69) is 11.3 Å². The van der Waals surface area contributed by atoms with Crippen LogP contribution < -0.4 is 0 Å². The van der Waals surface area contributed by atoms with Gasteiger partial charge in [-0.15, -0.1) is 0 Å². The van der Waals surface area contributed by atoms with Gasteiger partial charge in [0.2, 0.25) is 0 Å². The lowest BCUT2D eigenvalue weighted by Crippen LogP contribution is -2.35. The van der Waals surface area contributed by atoms with E-state index >= 15 is 0 Å². The molecule has 0 heterocycles. The average Bonchev–Trinajstić information content (AvgIpc) is 2.32. The molecule has 0 aromatic rings. The molecule has 0 aliphatic rings. The molecule has 0 aliphatic heterocycles. The van der Waals surface area contributed by atoms with Crippen molar-refractivity contribution in [2.24, 2.45) is 0 Å². The molecular formula is C13H22N2O4. The number of hydrazine groups is 1. The molecule has 0 saturated heterocycles. The Morgan fingerprint density at radius 1 is 1.26 bits per heavy atom. The van der Waals surface area contributed by atoms with Crippen molar-refractivity contribution in [2.45, 2.75) is 13.8 Å². The second kappa shape index (κ2) is 8.31. The number of rotatable bonds is 7. The number of carbonyl (C=O) groups is 2. The molecule has 0 aromatic heterocycles. The zero-order valence-electron chi connectivity index (χ0n) is 12.2. The van der Waals surface area contributed by atoms with E-state index in [4.69, 9.17) is 4.74 Å². The van der Waals surface area contributed by atoms with Crippen molar-refractivity contribution in [1.29, 1.82) is 0 Å². The molecule has 0 atom stereocenters. The van der Waals surface area contributed by atoms with E-state index in [1.165, 1.54) is 13.3 Å². The number of nitrogens with zero attached hydrogens (tertiary/aromatic N) is 2. The van der Waals surface area contributed by atoms with E-state index in [0.717, 1.165) is 5.57 Å². The molecule has 0 aliphatic carbocycles. The molecule has 0 rings (SSSR count). The van der Waals surface area contributed by atoms with Crippen LogP contribution in [0.2, 0.25) is 0 Å². The van der Waals surface area contributed by atoms with Crippen LogP contribution in [-0.4, -0.2) is 56.3 Å². The zero-order chi connectivity index (χ0) is 15.0. The first-order valence-corrected chi connectivity index (χ1v) is 5.89. The van der Waals surface area contributed by atoms with Crippen LogP contribution in [0.1, 0.15) is 13.8 Å². The van der Waals surface area contributed by atoms with Crippen LogP contribution >= 0.6 is 0 Å². The highest BCUT2D eigenvalue weighted by Crippen LogP contribution is 2.07. The molecule has 0 aromatic carbocycles. The summed E-state index contributed by atoms with van der Waals surface area (Å²) in [5, 5.41) is 3.41. The number of methoxy groups -OCH3 is 1. The number of carbonyl (C=O) groups excluding carboxylic acids is 2. The Morgan fingerprint density at radius 2 is 1.84 bits per heavy atom. The van der Waals surface area contributed by atoms with E-state index in [0.29, 0.717) is 6.54 Å². The first kappa shape index (κ1) is 17.2. The van der Waals surface area contributed by atoms with E-state index in [-0.39, 0.29) is 12.2 Å². The quantitative estimate of drug-likeness (QED) is 0.171. The van der Waals surface area contributed by atoms with Crippen LogP contribution in [0.5, 0.6) is 0 Å². The molecule has 108 valence electrons. The summed E-state index contributed by atoms with van der Waals surface area (Å²) in [6.07, 6.45) is 1.40. The van der Waals surface area contributed by atoms with Gasteiger partial charge in [-0.3, -0.25) is 0 Å².